The first-order chi connectivity index (χ1) is 10.1. The highest BCUT2D eigenvalue weighted by Gasteiger charge is 2.30. The third kappa shape index (κ3) is 2.34. The van der Waals surface area contributed by atoms with Crippen LogP contribution in [0.2, 0.25) is 0 Å². The molecule has 0 aromatic heterocycles. The van der Waals surface area contributed by atoms with Crippen molar-refractivity contribution in [2.75, 3.05) is 0 Å². The van der Waals surface area contributed by atoms with Crippen LogP contribution in [0.25, 0.3) is 0 Å². The van der Waals surface area contributed by atoms with Crippen LogP contribution in [0.15, 0.2) is 63.9 Å². The number of hydrogen-bond donors (Lipinski definition) is 0. The molecular weight excluding hydrogens is 280 g/mol. The molecule has 0 radical (unpaired) electrons. The summed E-state index contributed by atoms with van der Waals surface area (Å²) in [6.45, 7) is 3.73. The summed E-state index contributed by atoms with van der Waals surface area (Å²) in [5, 5.41) is 0. The number of fused-ring (bicyclic) bond motifs is 1. The number of aryl methyl sites for hydroxylation is 1. The molecule has 0 unspecified atom stereocenters. The van der Waals surface area contributed by atoms with Gasteiger partial charge in [-0.3, -0.25) is 9.59 Å². The van der Waals surface area contributed by atoms with Crippen LogP contribution in [-0.4, -0.2) is 11.6 Å². The molecule has 3 heteroatoms. The summed E-state index contributed by atoms with van der Waals surface area (Å²) >= 11 is 1.38. The summed E-state index contributed by atoms with van der Waals surface area (Å²) in [4.78, 5) is 26.6. The van der Waals surface area contributed by atoms with Crippen LogP contribution in [0.5, 0.6) is 0 Å². The molecule has 0 bridgehead atoms. The molecule has 0 amide bonds. The van der Waals surface area contributed by atoms with Crippen molar-refractivity contribution in [3.63, 3.8) is 0 Å². The van der Waals surface area contributed by atoms with E-state index in [9.17, 15) is 9.59 Å². The van der Waals surface area contributed by atoms with Gasteiger partial charge in [-0.2, -0.15) is 0 Å². The fourth-order valence-electron chi connectivity index (χ4n) is 2.38. The van der Waals surface area contributed by atoms with E-state index in [1.54, 1.807) is 31.2 Å². The highest BCUT2D eigenvalue weighted by molar-refractivity contribution is 8.04. The Morgan fingerprint density at radius 2 is 1.33 bits per heavy atom. The van der Waals surface area contributed by atoms with E-state index < -0.39 is 0 Å². The Morgan fingerprint density at radius 3 is 2.00 bits per heavy atom. The van der Waals surface area contributed by atoms with Gasteiger partial charge >= 0.3 is 0 Å². The molecule has 21 heavy (non-hydrogen) atoms. The lowest BCUT2D eigenvalue weighted by Crippen LogP contribution is -2.19. The van der Waals surface area contributed by atoms with Crippen LogP contribution < -0.4 is 0 Å². The predicted octanol–water partition coefficient (Wildman–Crippen LogP) is 4.44. The average molecular weight is 294 g/mol. The topological polar surface area (TPSA) is 34.1 Å². The van der Waals surface area contributed by atoms with E-state index in [4.69, 9.17) is 0 Å². The zero-order valence-corrected chi connectivity index (χ0v) is 12.7. The number of Topliss-reactive ketones (excluding diaryl/α,β-unsaturated/α-hetero) is 2. The molecule has 0 saturated heterocycles. The van der Waals surface area contributed by atoms with E-state index >= 15 is 0 Å². The lowest BCUT2D eigenvalue weighted by atomic mass is 9.90. The van der Waals surface area contributed by atoms with Gasteiger partial charge in [0.15, 0.2) is 5.78 Å². The zero-order chi connectivity index (χ0) is 15.0. The molecule has 0 aliphatic heterocycles. The van der Waals surface area contributed by atoms with Gasteiger partial charge in [0.25, 0.3) is 0 Å². The zero-order valence-electron chi connectivity index (χ0n) is 11.8. The van der Waals surface area contributed by atoms with E-state index in [2.05, 4.69) is 0 Å². The molecular formula is C18H14O2S. The molecule has 2 nitrogen and oxygen atoms in total. The van der Waals surface area contributed by atoms with Gasteiger partial charge in [0, 0.05) is 21.6 Å². The lowest BCUT2D eigenvalue weighted by molar-refractivity contribution is 0.0981. The van der Waals surface area contributed by atoms with E-state index in [1.165, 1.54) is 11.8 Å². The molecule has 0 N–H and O–H groups in total. The summed E-state index contributed by atoms with van der Waals surface area (Å²) in [5.74, 6) is -0.114. The number of carbonyl (C=O) groups is 2. The molecule has 2 aromatic rings. The van der Waals surface area contributed by atoms with Crippen molar-refractivity contribution >= 4 is 23.3 Å². The first-order valence-corrected chi connectivity index (χ1v) is 7.54. The van der Waals surface area contributed by atoms with E-state index in [-0.39, 0.29) is 11.6 Å². The second kappa shape index (κ2) is 5.34. The molecule has 1 aliphatic carbocycles. The number of allylic oxidation sites excluding steroid dienone is 2. The Morgan fingerprint density at radius 1 is 0.762 bits per heavy atom. The highest BCUT2D eigenvalue weighted by atomic mass is 32.2. The average Bonchev–Trinajstić information content (AvgIpc) is 2.51. The first kappa shape index (κ1) is 13.8. The smallest absolute Gasteiger partial charge is 0.200 e. The number of hydrogen-bond acceptors (Lipinski definition) is 3. The van der Waals surface area contributed by atoms with Crippen molar-refractivity contribution in [1.29, 1.82) is 0 Å². The minimum absolute atomic E-state index is 0.0544. The van der Waals surface area contributed by atoms with Gasteiger partial charge < -0.3 is 0 Å². The Hall–Kier alpha value is -2.13. The monoisotopic (exact) mass is 294 g/mol. The number of ketones is 2. The van der Waals surface area contributed by atoms with Crippen molar-refractivity contribution in [1.82, 2.24) is 0 Å². The van der Waals surface area contributed by atoms with Gasteiger partial charge in [-0.05, 0) is 25.5 Å². The standard InChI is InChI=1S/C18H14O2S/c1-11-7-3-6-10-15(11)21-18-12(2)16(19)13-8-4-5-9-14(13)17(18)20/h3-10H,1-2H3. The number of carbonyl (C=O) groups excluding carboxylic acids is 2. The van der Waals surface area contributed by atoms with E-state index in [0.717, 1.165) is 10.5 Å². The van der Waals surface area contributed by atoms with E-state index in [1.807, 2.05) is 31.2 Å². The van der Waals surface area contributed by atoms with Gasteiger partial charge in [0.1, 0.15) is 0 Å². The maximum Gasteiger partial charge on any atom is 0.200 e. The molecule has 1 aliphatic rings. The molecule has 0 atom stereocenters. The summed E-state index contributed by atoms with van der Waals surface area (Å²) in [5.41, 5.74) is 2.65. The fourth-order valence-corrected chi connectivity index (χ4v) is 3.42. The molecule has 104 valence electrons. The lowest BCUT2D eigenvalue weighted by Gasteiger charge is -2.18. The third-order valence-corrected chi connectivity index (χ3v) is 4.98. The second-order valence-electron chi connectivity index (χ2n) is 5.03. The Kier molecular flexibility index (Phi) is 3.52. The second-order valence-corrected chi connectivity index (χ2v) is 6.08. The SMILES string of the molecule is CC1=C(Sc2ccccc2C)C(=O)c2ccccc2C1=O. The van der Waals surface area contributed by atoms with Crippen molar-refractivity contribution in [2.45, 2.75) is 18.7 Å². The Balaban J connectivity index is 2.07. The summed E-state index contributed by atoms with van der Waals surface area (Å²) in [7, 11) is 0. The van der Waals surface area contributed by atoms with Crippen LogP contribution >= 0.6 is 11.8 Å². The summed E-state index contributed by atoms with van der Waals surface area (Å²) in [6, 6.07) is 14.9. The van der Waals surface area contributed by atoms with E-state index in [0.29, 0.717) is 21.6 Å². The van der Waals surface area contributed by atoms with Gasteiger partial charge in [-0.15, -0.1) is 0 Å². The van der Waals surface area contributed by atoms with Crippen LogP contribution in [0.4, 0.5) is 0 Å². The number of benzene rings is 2. The Bertz CT molecular complexity index is 787. The predicted molar refractivity (Wildman–Crippen MR) is 84.8 cm³/mol. The fraction of sp³-hybridized carbons (Fsp3) is 0.111. The number of rotatable bonds is 2. The minimum Gasteiger partial charge on any atom is -0.289 e. The third-order valence-electron chi connectivity index (χ3n) is 3.61. The molecule has 0 fully saturated rings. The normalized spacial score (nSPS) is 14.4. The van der Waals surface area contributed by atoms with Crippen LogP contribution in [-0.2, 0) is 0 Å². The molecule has 3 rings (SSSR count). The number of thioether (sulfide) groups is 1. The summed E-state index contributed by atoms with van der Waals surface area (Å²) < 4.78 is 0. The quantitative estimate of drug-likeness (QED) is 0.821. The highest BCUT2D eigenvalue weighted by Crippen LogP contribution is 2.37. The molecule has 0 spiro atoms. The minimum atomic E-state index is -0.0593. The van der Waals surface area contributed by atoms with Crippen molar-refractivity contribution in [3.05, 3.63) is 75.7 Å². The molecule has 0 heterocycles. The van der Waals surface area contributed by atoms with Crippen LogP contribution in [0, 0.1) is 6.92 Å². The molecule has 2 aromatic carbocycles. The van der Waals surface area contributed by atoms with Crippen molar-refractivity contribution in [3.8, 4) is 0 Å². The maximum absolute atomic E-state index is 12.7. The summed E-state index contributed by atoms with van der Waals surface area (Å²) in [6.07, 6.45) is 0. The van der Waals surface area contributed by atoms with Crippen LogP contribution in [0.1, 0.15) is 33.2 Å². The van der Waals surface area contributed by atoms with Gasteiger partial charge in [-0.25, -0.2) is 0 Å². The van der Waals surface area contributed by atoms with Crippen molar-refractivity contribution < 1.29 is 9.59 Å². The van der Waals surface area contributed by atoms with Gasteiger partial charge in [0.2, 0.25) is 5.78 Å². The largest absolute Gasteiger partial charge is 0.289 e. The van der Waals surface area contributed by atoms with Gasteiger partial charge in [0.05, 0.1) is 4.91 Å². The maximum atomic E-state index is 12.7. The first-order valence-electron chi connectivity index (χ1n) is 6.72. The van der Waals surface area contributed by atoms with Crippen LogP contribution in [0.3, 0.4) is 0 Å². The van der Waals surface area contributed by atoms with Crippen molar-refractivity contribution in [2.24, 2.45) is 0 Å². The molecule has 0 saturated carbocycles. The Labute approximate surface area is 127 Å². The van der Waals surface area contributed by atoms with Gasteiger partial charge in [-0.1, -0.05) is 54.2 Å².